The first-order chi connectivity index (χ1) is 5.92. The lowest BCUT2D eigenvalue weighted by Crippen LogP contribution is -2.51. The van der Waals surface area contributed by atoms with Crippen molar-refractivity contribution in [3.63, 3.8) is 0 Å². The fourth-order valence-electron chi connectivity index (χ4n) is 0.560. The third-order valence-corrected chi connectivity index (χ3v) is 2.47. The molecule has 0 saturated heterocycles. The smallest absolute Gasteiger partial charge is 0.403 e. The zero-order valence-corrected chi connectivity index (χ0v) is 7.52. The highest BCUT2D eigenvalue weighted by molar-refractivity contribution is 7.79. The molecule has 0 aliphatic carbocycles. The minimum Gasteiger partial charge on any atom is -0.772 e. The molecule has 0 aromatic rings. The fourth-order valence-corrected chi connectivity index (χ4v) is 1.36. The number of halogens is 6. The van der Waals surface area contributed by atoms with Crippen LogP contribution in [0.4, 0.5) is 26.3 Å². The average Bonchev–Trinajstić information content (AvgIpc) is 1.79. The molecule has 1 unspecified atom stereocenters. The average molecular weight is 243 g/mol. The van der Waals surface area contributed by atoms with Gasteiger partial charge in [-0.3, -0.25) is 4.21 Å². The summed E-state index contributed by atoms with van der Waals surface area (Å²) in [6, 6.07) is 0. The number of rotatable bonds is 2. The maximum Gasteiger partial charge on any atom is 0.403 e. The van der Waals surface area contributed by atoms with E-state index in [0.717, 1.165) is 0 Å². The Labute approximate surface area is 77.6 Å². The first-order valence-electron chi connectivity index (χ1n) is 3.11. The fraction of sp³-hybridized carbons (Fsp3) is 1.00. The lowest BCUT2D eigenvalue weighted by atomic mass is 9.92. The van der Waals surface area contributed by atoms with E-state index >= 15 is 0 Å². The molecule has 0 spiro atoms. The molecule has 0 aliphatic heterocycles. The van der Waals surface area contributed by atoms with Crippen molar-refractivity contribution < 1.29 is 35.1 Å². The molecule has 1 atom stereocenters. The number of hydrogen-bond donors (Lipinski definition) is 0. The molecular weight excluding hydrogens is 238 g/mol. The zero-order valence-electron chi connectivity index (χ0n) is 6.70. The maximum absolute atomic E-state index is 12.0. The van der Waals surface area contributed by atoms with Crippen LogP contribution in [-0.2, 0) is 11.1 Å². The standard InChI is InChI=1S/C5H6F6O2S/c1-3(2-14(12)13,4(6,7)8)5(9,10)11/h2H2,1H3,(H,12,13)/p-1. The second kappa shape index (κ2) is 3.69. The Balaban J connectivity index is 5.18. The van der Waals surface area contributed by atoms with E-state index in [-0.39, 0.29) is 6.92 Å². The van der Waals surface area contributed by atoms with Gasteiger partial charge in [0.2, 0.25) is 0 Å². The largest absolute Gasteiger partial charge is 0.772 e. The van der Waals surface area contributed by atoms with Crippen molar-refractivity contribution in [2.75, 3.05) is 5.75 Å². The molecule has 86 valence electrons. The topological polar surface area (TPSA) is 40.1 Å². The Morgan fingerprint density at radius 2 is 1.36 bits per heavy atom. The van der Waals surface area contributed by atoms with E-state index in [4.69, 9.17) is 0 Å². The highest BCUT2D eigenvalue weighted by Gasteiger charge is 2.67. The van der Waals surface area contributed by atoms with Gasteiger partial charge in [0.25, 0.3) is 0 Å². The van der Waals surface area contributed by atoms with Crippen LogP contribution in [0.5, 0.6) is 0 Å². The van der Waals surface area contributed by atoms with Crippen molar-refractivity contribution in [3.8, 4) is 0 Å². The Bertz CT molecular complexity index is 217. The predicted molar refractivity (Wildman–Crippen MR) is 34.0 cm³/mol. The van der Waals surface area contributed by atoms with Crippen molar-refractivity contribution >= 4 is 11.1 Å². The minimum atomic E-state index is -5.65. The van der Waals surface area contributed by atoms with Crippen molar-refractivity contribution in [1.29, 1.82) is 0 Å². The molecule has 0 N–H and O–H groups in total. The van der Waals surface area contributed by atoms with Crippen LogP contribution in [0.3, 0.4) is 0 Å². The molecule has 0 heterocycles. The van der Waals surface area contributed by atoms with E-state index in [1.54, 1.807) is 0 Å². The van der Waals surface area contributed by atoms with Gasteiger partial charge in [-0.25, -0.2) is 0 Å². The van der Waals surface area contributed by atoms with E-state index in [2.05, 4.69) is 0 Å². The first kappa shape index (κ1) is 13.7. The van der Waals surface area contributed by atoms with Gasteiger partial charge in [0.05, 0.1) is 0 Å². The number of hydrogen-bond acceptors (Lipinski definition) is 2. The van der Waals surface area contributed by atoms with Gasteiger partial charge in [0.1, 0.15) is 0 Å². The normalized spacial score (nSPS) is 16.9. The van der Waals surface area contributed by atoms with Crippen LogP contribution >= 0.6 is 0 Å². The first-order valence-corrected chi connectivity index (χ1v) is 4.35. The van der Waals surface area contributed by atoms with E-state index < -0.39 is 34.6 Å². The SMILES string of the molecule is CC(CS(=O)[O-])(C(F)(F)F)C(F)(F)F. The lowest BCUT2D eigenvalue weighted by Gasteiger charge is -2.34. The Hall–Kier alpha value is -0.310. The molecule has 0 aromatic heterocycles. The van der Waals surface area contributed by atoms with Gasteiger partial charge in [0.15, 0.2) is 5.41 Å². The van der Waals surface area contributed by atoms with Crippen LogP contribution in [0.25, 0.3) is 0 Å². The van der Waals surface area contributed by atoms with Crippen LogP contribution in [0.15, 0.2) is 0 Å². The Morgan fingerprint density at radius 1 is 1.07 bits per heavy atom. The van der Waals surface area contributed by atoms with Crippen molar-refractivity contribution in [2.45, 2.75) is 19.3 Å². The van der Waals surface area contributed by atoms with Gasteiger partial charge >= 0.3 is 12.4 Å². The van der Waals surface area contributed by atoms with E-state index in [0.29, 0.717) is 0 Å². The summed E-state index contributed by atoms with van der Waals surface area (Å²) in [4.78, 5) is 0. The van der Waals surface area contributed by atoms with Gasteiger partial charge < -0.3 is 4.55 Å². The molecular formula is C5H5F6O2S-. The van der Waals surface area contributed by atoms with Crippen molar-refractivity contribution in [1.82, 2.24) is 0 Å². The van der Waals surface area contributed by atoms with Crippen LogP contribution in [0.2, 0.25) is 0 Å². The van der Waals surface area contributed by atoms with E-state index in [9.17, 15) is 35.1 Å². The summed E-state index contributed by atoms with van der Waals surface area (Å²) in [7, 11) is 0. The van der Waals surface area contributed by atoms with Crippen LogP contribution < -0.4 is 0 Å². The molecule has 2 nitrogen and oxygen atoms in total. The highest BCUT2D eigenvalue weighted by atomic mass is 32.2. The molecule has 0 aliphatic rings. The summed E-state index contributed by atoms with van der Waals surface area (Å²) >= 11 is -3.42. The van der Waals surface area contributed by atoms with Crippen LogP contribution in [-0.4, -0.2) is 26.9 Å². The molecule has 0 saturated carbocycles. The summed E-state index contributed by atoms with van der Waals surface area (Å²) < 4.78 is 91.6. The van der Waals surface area contributed by atoms with Crippen LogP contribution in [0, 0.1) is 5.41 Å². The van der Waals surface area contributed by atoms with Gasteiger partial charge in [-0.15, -0.1) is 0 Å². The minimum absolute atomic E-state index is 0.192. The zero-order chi connectivity index (χ0) is 11.8. The molecule has 0 fully saturated rings. The molecule has 9 heteroatoms. The molecule has 0 radical (unpaired) electrons. The third kappa shape index (κ3) is 2.59. The molecule has 0 amide bonds. The van der Waals surface area contributed by atoms with Crippen LogP contribution in [0.1, 0.15) is 6.92 Å². The predicted octanol–water partition coefficient (Wildman–Crippen LogP) is 2.00. The summed E-state index contributed by atoms with van der Waals surface area (Å²) in [6.45, 7) is -0.192. The Morgan fingerprint density at radius 3 is 1.43 bits per heavy atom. The number of alkyl halides is 6. The van der Waals surface area contributed by atoms with Crippen molar-refractivity contribution in [3.05, 3.63) is 0 Å². The van der Waals surface area contributed by atoms with E-state index in [1.807, 2.05) is 0 Å². The monoisotopic (exact) mass is 243 g/mol. The van der Waals surface area contributed by atoms with Crippen molar-refractivity contribution in [2.24, 2.45) is 5.41 Å². The van der Waals surface area contributed by atoms with Gasteiger partial charge in [-0.05, 0) is 6.92 Å². The van der Waals surface area contributed by atoms with Gasteiger partial charge in [-0.1, -0.05) is 11.1 Å². The highest BCUT2D eigenvalue weighted by Crippen LogP contribution is 2.50. The maximum atomic E-state index is 12.0. The second-order valence-electron chi connectivity index (χ2n) is 2.78. The summed E-state index contributed by atoms with van der Waals surface area (Å²) in [5, 5.41) is 0. The molecule has 14 heavy (non-hydrogen) atoms. The third-order valence-electron chi connectivity index (χ3n) is 1.66. The molecule has 0 aromatic carbocycles. The van der Waals surface area contributed by atoms with Gasteiger partial charge in [0, 0.05) is 5.75 Å². The summed E-state index contributed by atoms with van der Waals surface area (Å²) in [6.07, 6.45) is -11.3. The van der Waals surface area contributed by atoms with E-state index in [1.165, 1.54) is 0 Å². The quantitative estimate of drug-likeness (QED) is 0.549. The lowest BCUT2D eigenvalue weighted by molar-refractivity contribution is -0.325. The molecule has 0 rings (SSSR count). The molecule has 0 bridgehead atoms. The summed E-state index contributed by atoms with van der Waals surface area (Å²) in [5.74, 6) is -2.03. The van der Waals surface area contributed by atoms with Gasteiger partial charge in [-0.2, -0.15) is 26.3 Å². The second-order valence-corrected chi connectivity index (χ2v) is 3.67. The Kier molecular flexibility index (Phi) is 3.60. The summed E-state index contributed by atoms with van der Waals surface area (Å²) in [5.41, 5.74) is -4.22.